The average Bonchev–Trinajstić information content (AvgIpc) is 2.65. The van der Waals surface area contributed by atoms with Crippen LogP contribution in [0.15, 0.2) is 60.7 Å². The zero-order valence-electron chi connectivity index (χ0n) is 16.7. The molecular formula is C23H31NO3. The quantitative estimate of drug-likeness (QED) is 0.748. The van der Waals surface area contributed by atoms with Crippen molar-refractivity contribution in [1.29, 1.82) is 0 Å². The van der Waals surface area contributed by atoms with Gasteiger partial charge in [-0.25, -0.2) is 0 Å². The standard InChI is InChI=1S/C23H31NO3/c1-17(21(25)19-13-9-6-10-14-19)24(4)22(26)20(16-23(2,3)27)15-18-11-7-5-8-12-18/h5-14,17,20-21,25,27H,15-16H2,1-4H3/t17-,20-,21+/m0/s1. The van der Waals surface area contributed by atoms with Crippen LogP contribution in [0.4, 0.5) is 0 Å². The van der Waals surface area contributed by atoms with Gasteiger partial charge in [-0.15, -0.1) is 0 Å². The summed E-state index contributed by atoms with van der Waals surface area (Å²) in [6.45, 7) is 5.29. The van der Waals surface area contributed by atoms with Gasteiger partial charge in [0.1, 0.15) is 0 Å². The minimum atomic E-state index is -0.947. The van der Waals surface area contributed by atoms with Crippen molar-refractivity contribution >= 4 is 5.91 Å². The van der Waals surface area contributed by atoms with Crippen LogP contribution in [0.25, 0.3) is 0 Å². The van der Waals surface area contributed by atoms with Crippen molar-refractivity contribution in [1.82, 2.24) is 4.90 Å². The molecule has 2 aromatic carbocycles. The molecular weight excluding hydrogens is 338 g/mol. The first-order valence-electron chi connectivity index (χ1n) is 9.45. The van der Waals surface area contributed by atoms with Crippen LogP contribution in [0, 0.1) is 5.92 Å². The van der Waals surface area contributed by atoms with E-state index in [1.54, 1.807) is 25.8 Å². The molecule has 0 aliphatic carbocycles. The van der Waals surface area contributed by atoms with Gasteiger partial charge in [0.2, 0.25) is 5.91 Å². The first-order chi connectivity index (χ1) is 12.7. The van der Waals surface area contributed by atoms with Gasteiger partial charge < -0.3 is 15.1 Å². The number of aliphatic hydroxyl groups excluding tert-OH is 1. The molecule has 3 atom stereocenters. The van der Waals surface area contributed by atoms with Crippen molar-refractivity contribution < 1.29 is 15.0 Å². The third-order valence-electron chi connectivity index (χ3n) is 4.98. The van der Waals surface area contributed by atoms with Gasteiger partial charge in [0.25, 0.3) is 0 Å². The predicted molar refractivity (Wildman–Crippen MR) is 108 cm³/mol. The number of aliphatic hydroxyl groups is 2. The summed E-state index contributed by atoms with van der Waals surface area (Å²) in [6, 6.07) is 18.8. The number of hydrogen-bond donors (Lipinski definition) is 2. The molecule has 0 fully saturated rings. The molecule has 2 N–H and O–H groups in total. The van der Waals surface area contributed by atoms with Crippen molar-refractivity contribution in [2.45, 2.75) is 51.4 Å². The highest BCUT2D eigenvalue weighted by molar-refractivity contribution is 5.79. The van der Waals surface area contributed by atoms with Crippen LogP contribution >= 0.6 is 0 Å². The second kappa shape index (κ2) is 9.16. The van der Waals surface area contributed by atoms with E-state index in [4.69, 9.17) is 0 Å². The lowest BCUT2D eigenvalue weighted by atomic mass is 9.87. The second-order valence-electron chi connectivity index (χ2n) is 7.95. The Morgan fingerprint density at radius 2 is 1.56 bits per heavy atom. The number of rotatable bonds is 8. The van der Waals surface area contributed by atoms with Gasteiger partial charge in [0.05, 0.1) is 17.7 Å². The average molecular weight is 370 g/mol. The van der Waals surface area contributed by atoms with E-state index in [2.05, 4.69) is 0 Å². The van der Waals surface area contributed by atoms with Gasteiger partial charge in [-0.1, -0.05) is 60.7 Å². The molecule has 0 saturated heterocycles. The molecule has 1 amide bonds. The Morgan fingerprint density at radius 1 is 1.04 bits per heavy atom. The fourth-order valence-corrected chi connectivity index (χ4v) is 3.38. The highest BCUT2D eigenvalue weighted by atomic mass is 16.3. The van der Waals surface area contributed by atoms with E-state index in [1.165, 1.54) is 0 Å². The number of hydrogen-bond acceptors (Lipinski definition) is 3. The van der Waals surface area contributed by atoms with Crippen molar-refractivity contribution in [3.8, 4) is 0 Å². The van der Waals surface area contributed by atoms with Crippen LogP contribution in [-0.2, 0) is 11.2 Å². The van der Waals surface area contributed by atoms with Gasteiger partial charge in [0.15, 0.2) is 0 Å². The molecule has 0 aliphatic heterocycles. The smallest absolute Gasteiger partial charge is 0.226 e. The Morgan fingerprint density at radius 3 is 2.07 bits per heavy atom. The highest BCUT2D eigenvalue weighted by Crippen LogP contribution is 2.26. The van der Waals surface area contributed by atoms with Crippen molar-refractivity contribution in [3.63, 3.8) is 0 Å². The van der Waals surface area contributed by atoms with E-state index in [0.717, 1.165) is 11.1 Å². The number of carbonyl (C=O) groups excluding carboxylic acids is 1. The van der Waals surface area contributed by atoms with Gasteiger partial charge in [-0.3, -0.25) is 4.79 Å². The molecule has 27 heavy (non-hydrogen) atoms. The first-order valence-corrected chi connectivity index (χ1v) is 9.45. The number of amides is 1. The summed E-state index contributed by atoms with van der Waals surface area (Å²) in [6.07, 6.45) is 0.154. The molecule has 0 aliphatic rings. The monoisotopic (exact) mass is 369 g/mol. The zero-order chi connectivity index (χ0) is 20.0. The molecule has 0 unspecified atom stereocenters. The largest absolute Gasteiger partial charge is 0.390 e. The Labute approximate surface area is 162 Å². The Hall–Kier alpha value is -2.17. The maximum atomic E-state index is 13.2. The minimum absolute atomic E-state index is 0.0662. The third kappa shape index (κ3) is 6.19. The molecule has 146 valence electrons. The van der Waals surface area contributed by atoms with Crippen LogP contribution in [0.5, 0.6) is 0 Å². The lowest BCUT2D eigenvalue weighted by Crippen LogP contribution is -2.44. The Bertz CT molecular complexity index is 709. The number of nitrogens with zero attached hydrogens (tertiary/aromatic N) is 1. The lowest BCUT2D eigenvalue weighted by Gasteiger charge is -2.34. The van der Waals surface area contributed by atoms with Crippen molar-refractivity contribution in [2.75, 3.05) is 7.05 Å². The fraction of sp³-hybridized carbons (Fsp3) is 0.435. The van der Waals surface area contributed by atoms with E-state index in [9.17, 15) is 15.0 Å². The highest BCUT2D eigenvalue weighted by Gasteiger charge is 2.32. The molecule has 2 aromatic rings. The Kier molecular flexibility index (Phi) is 7.17. The Balaban J connectivity index is 2.17. The van der Waals surface area contributed by atoms with Crippen LogP contribution in [0.1, 0.15) is 44.4 Å². The zero-order valence-corrected chi connectivity index (χ0v) is 16.7. The number of benzene rings is 2. The summed E-state index contributed by atoms with van der Waals surface area (Å²) >= 11 is 0. The molecule has 4 heteroatoms. The fourth-order valence-electron chi connectivity index (χ4n) is 3.38. The molecule has 0 bridgehead atoms. The molecule has 0 spiro atoms. The summed E-state index contributed by atoms with van der Waals surface area (Å²) < 4.78 is 0. The van der Waals surface area contributed by atoms with Crippen LogP contribution in [0.3, 0.4) is 0 Å². The molecule has 0 aromatic heterocycles. The summed E-state index contributed by atoms with van der Waals surface area (Å²) in [4.78, 5) is 14.8. The number of likely N-dealkylation sites (N-methyl/N-ethyl adjacent to an activating group) is 1. The number of carbonyl (C=O) groups is 1. The van der Waals surface area contributed by atoms with Gasteiger partial charge in [-0.05, 0) is 44.7 Å². The van der Waals surface area contributed by atoms with Crippen molar-refractivity contribution in [2.24, 2.45) is 5.92 Å². The van der Waals surface area contributed by atoms with Crippen LogP contribution < -0.4 is 0 Å². The normalized spacial score (nSPS) is 15.0. The van der Waals surface area contributed by atoms with E-state index >= 15 is 0 Å². The minimum Gasteiger partial charge on any atom is -0.390 e. The molecule has 0 saturated carbocycles. The van der Waals surface area contributed by atoms with E-state index in [1.807, 2.05) is 67.6 Å². The lowest BCUT2D eigenvalue weighted by molar-refractivity contribution is -0.140. The molecule has 2 rings (SSSR count). The van der Waals surface area contributed by atoms with E-state index in [0.29, 0.717) is 12.8 Å². The van der Waals surface area contributed by atoms with E-state index < -0.39 is 11.7 Å². The molecule has 4 nitrogen and oxygen atoms in total. The van der Waals surface area contributed by atoms with Gasteiger partial charge in [0, 0.05) is 13.0 Å². The first kappa shape index (κ1) is 21.1. The molecule has 0 heterocycles. The summed E-state index contributed by atoms with van der Waals surface area (Å²) in [5, 5.41) is 21.0. The third-order valence-corrected chi connectivity index (χ3v) is 4.98. The van der Waals surface area contributed by atoms with Gasteiger partial charge >= 0.3 is 0 Å². The second-order valence-corrected chi connectivity index (χ2v) is 7.95. The SMILES string of the molecule is C[C@@H]([C@@H](O)c1ccccc1)N(C)C(=O)[C@@H](Cc1ccccc1)CC(C)(C)O. The predicted octanol–water partition coefficient (Wildman–Crippen LogP) is 3.59. The molecule has 0 radical (unpaired) electrons. The maximum absolute atomic E-state index is 13.2. The summed E-state index contributed by atoms with van der Waals surface area (Å²) in [5.41, 5.74) is 0.897. The van der Waals surface area contributed by atoms with Crippen molar-refractivity contribution in [3.05, 3.63) is 71.8 Å². The van der Waals surface area contributed by atoms with E-state index in [-0.39, 0.29) is 17.9 Å². The summed E-state index contributed by atoms with van der Waals surface area (Å²) in [7, 11) is 1.72. The van der Waals surface area contributed by atoms with Crippen LogP contribution in [-0.4, -0.2) is 39.7 Å². The topological polar surface area (TPSA) is 60.8 Å². The summed E-state index contributed by atoms with van der Waals surface area (Å²) in [5.74, 6) is -0.425. The maximum Gasteiger partial charge on any atom is 0.226 e. The van der Waals surface area contributed by atoms with Gasteiger partial charge in [-0.2, -0.15) is 0 Å². The van der Waals surface area contributed by atoms with Crippen LogP contribution in [0.2, 0.25) is 0 Å².